The third kappa shape index (κ3) is 4.23. The quantitative estimate of drug-likeness (QED) is 0.700. The molecular formula is C18H18N4OS. The first-order valence-electron chi connectivity index (χ1n) is 7.61. The Morgan fingerprint density at radius 2 is 2.00 bits per heavy atom. The van der Waals surface area contributed by atoms with E-state index < -0.39 is 0 Å². The number of carbonyl (C=O) groups excluding carboxylic acids is 1. The summed E-state index contributed by atoms with van der Waals surface area (Å²) in [5, 5.41) is 7.21. The van der Waals surface area contributed by atoms with Crippen molar-refractivity contribution in [2.45, 2.75) is 18.6 Å². The van der Waals surface area contributed by atoms with Gasteiger partial charge in [0, 0.05) is 5.69 Å². The Hall–Kier alpha value is -2.60. The highest BCUT2D eigenvalue weighted by molar-refractivity contribution is 7.99. The highest BCUT2D eigenvalue weighted by atomic mass is 32.2. The lowest BCUT2D eigenvalue weighted by Crippen LogP contribution is -2.32. The Bertz CT molecular complexity index is 790. The highest BCUT2D eigenvalue weighted by Crippen LogP contribution is 2.21. The standard InChI is InChI=1S/C18H18N4OS/c1-14-6-5-9-16(10-14)22(11-15-7-3-2-4-8-15)17(23)12-24-18-19-13-20-21-18/h2-10,13H,11-12H2,1H3,(H,19,20,21). The molecule has 0 aliphatic carbocycles. The fraction of sp³-hybridized carbons (Fsp3) is 0.167. The Balaban J connectivity index is 1.79. The molecule has 3 aromatic rings. The van der Waals surface area contributed by atoms with Crippen molar-refractivity contribution in [3.63, 3.8) is 0 Å². The summed E-state index contributed by atoms with van der Waals surface area (Å²) < 4.78 is 0. The number of amides is 1. The van der Waals surface area contributed by atoms with Gasteiger partial charge in [-0.3, -0.25) is 9.89 Å². The minimum Gasteiger partial charge on any atom is -0.307 e. The summed E-state index contributed by atoms with van der Waals surface area (Å²) in [6.07, 6.45) is 1.44. The predicted molar refractivity (Wildman–Crippen MR) is 95.9 cm³/mol. The SMILES string of the molecule is Cc1cccc(N(Cc2ccccc2)C(=O)CSc2ncn[nH]2)c1. The summed E-state index contributed by atoms with van der Waals surface area (Å²) in [5.74, 6) is 0.335. The van der Waals surface area contributed by atoms with E-state index in [1.807, 2.05) is 66.4 Å². The smallest absolute Gasteiger partial charge is 0.237 e. The fourth-order valence-electron chi connectivity index (χ4n) is 2.36. The molecule has 0 atom stereocenters. The molecule has 0 spiro atoms. The van der Waals surface area contributed by atoms with Crippen molar-refractivity contribution in [1.82, 2.24) is 15.2 Å². The fourth-order valence-corrected chi connectivity index (χ4v) is 3.01. The summed E-state index contributed by atoms with van der Waals surface area (Å²) in [7, 11) is 0. The normalized spacial score (nSPS) is 10.5. The zero-order valence-electron chi connectivity index (χ0n) is 13.3. The molecule has 1 aromatic heterocycles. The number of rotatable bonds is 6. The predicted octanol–water partition coefficient (Wildman–Crippen LogP) is 3.44. The zero-order valence-corrected chi connectivity index (χ0v) is 14.2. The molecule has 1 amide bonds. The molecule has 0 bridgehead atoms. The number of hydrogen-bond donors (Lipinski definition) is 1. The highest BCUT2D eigenvalue weighted by Gasteiger charge is 2.17. The molecule has 0 aliphatic heterocycles. The van der Waals surface area contributed by atoms with Gasteiger partial charge in [0.05, 0.1) is 12.3 Å². The van der Waals surface area contributed by atoms with Crippen molar-refractivity contribution < 1.29 is 4.79 Å². The van der Waals surface area contributed by atoms with Crippen LogP contribution in [0.4, 0.5) is 5.69 Å². The van der Waals surface area contributed by atoms with Crippen molar-refractivity contribution in [3.05, 3.63) is 72.1 Å². The number of nitrogens with one attached hydrogen (secondary N) is 1. The number of carbonyl (C=O) groups is 1. The molecule has 2 aromatic carbocycles. The van der Waals surface area contributed by atoms with E-state index >= 15 is 0 Å². The summed E-state index contributed by atoms with van der Waals surface area (Å²) in [4.78, 5) is 18.7. The lowest BCUT2D eigenvalue weighted by atomic mass is 10.1. The third-order valence-corrected chi connectivity index (χ3v) is 4.38. The molecule has 1 heterocycles. The number of aryl methyl sites for hydroxylation is 1. The summed E-state index contributed by atoms with van der Waals surface area (Å²) in [6, 6.07) is 18.0. The maximum atomic E-state index is 12.8. The van der Waals surface area contributed by atoms with Crippen LogP contribution < -0.4 is 4.90 Å². The molecule has 0 fully saturated rings. The van der Waals surface area contributed by atoms with Gasteiger partial charge in [-0.1, -0.05) is 54.2 Å². The van der Waals surface area contributed by atoms with Crippen molar-refractivity contribution in [1.29, 1.82) is 0 Å². The van der Waals surface area contributed by atoms with Crippen LogP contribution in [0.2, 0.25) is 0 Å². The van der Waals surface area contributed by atoms with Crippen molar-refractivity contribution in [2.24, 2.45) is 0 Å². The van der Waals surface area contributed by atoms with Gasteiger partial charge in [0.25, 0.3) is 0 Å². The van der Waals surface area contributed by atoms with E-state index in [2.05, 4.69) is 15.2 Å². The zero-order chi connectivity index (χ0) is 16.8. The van der Waals surface area contributed by atoms with Crippen molar-refractivity contribution in [2.75, 3.05) is 10.7 Å². The number of thioether (sulfide) groups is 1. The van der Waals surface area contributed by atoms with Gasteiger partial charge >= 0.3 is 0 Å². The van der Waals surface area contributed by atoms with Crippen LogP contribution in [-0.4, -0.2) is 26.8 Å². The van der Waals surface area contributed by atoms with Crippen LogP contribution in [0, 0.1) is 6.92 Å². The van der Waals surface area contributed by atoms with E-state index in [-0.39, 0.29) is 5.91 Å². The summed E-state index contributed by atoms with van der Waals surface area (Å²) >= 11 is 1.35. The number of anilines is 1. The second-order valence-electron chi connectivity index (χ2n) is 5.38. The van der Waals surface area contributed by atoms with Crippen molar-refractivity contribution in [3.8, 4) is 0 Å². The van der Waals surface area contributed by atoms with E-state index in [4.69, 9.17) is 0 Å². The first kappa shape index (κ1) is 16.3. The molecule has 0 radical (unpaired) electrons. The van der Waals surface area contributed by atoms with Gasteiger partial charge in [-0.05, 0) is 30.2 Å². The molecule has 0 saturated carbocycles. The number of aromatic amines is 1. The molecule has 0 unspecified atom stereocenters. The monoisotopic (exact) mass is 338 g/mol. The van der Waals surface area contributed by atoms with Gasteiger partial charge in [0.2, 0.25) is 5.91 Å². The number of nitrogens with zero attached hydrogens (tertiary/aromatic N) is 3. The van der Waals surface area contributed by atoms with E-state index in [1.165, 1.54) is 18.1 Å². The van der Waals surface area contributed by atoms with Crippen LogP contribution in [0.5, 0.6) is 0 Å². The van der Waals surface area contributed by atoms with Crippen LogP contribution in [0.25, 0.3) is 0 Å². The Morgan fingerprint density at radius 3 is 2.71 bits per heavy atom. The molecule has 122 valence electrons. The average molecular weight is 338 g/mol. The van der Waals surface area contributed by atoms with E-state index in [9.17, 15) is 4.79 Å². The van der Waals surface area contributed by atoms with E-state index in [1.54, 1.807) is 0 Å². The largest absolute Gasteiger partial charge is 0.307 e. The summed E-state index contributed by atoms with van der Waals surface area (Å²) in [5.41, 5.74) is 3.13. The van der Waals surface area contributed by atoms with Crippen LogP contribution >= 0.6 is 11.8 Å². The second-order valence-corrected chi connectivity index (χ2v) is 6.35. The van der Waals surface area contributed by atoms with E-state index in [0.29, 0.717) is 17.5 Å². The molecule has 3 rings (SSSR count). The van der Waals surface area contributed by atoms with E-state index in [0.717, 1.165) is 16.8 Å². The third-order valence-electron chi connectivity index (χ3n) is 3.52. The Labute approximate surface area is 145 Å². The van der Waals surface area contributed by atoms with Gasteiger partial charge in [0.1, 0.15) is 6.33 Å². The van der Waals surface area contributed by atoms with Crippen LogP contribution in [0.1, 0.15) is 11.1 Å². The molecule has 1 N–H and O–H groups in total. The van der Waals surface area contributed by atoms with Crippen LogP contribution in [-0.2, 0) is 11.3 Å². The molecule has 0 aliphatic rings. The van der Waals surface area contributed by atoms with Crippen molar-refractivity contribution >= 4 is 23.4 Å². The number of aromatic nitrogens is 3. The molecule has 6 heteroatoms. The Kier molecular flexibility index (Phi) is 5.28. The maximum Gasteiger partial charge on any atom is 0.237 e. The lowest BCUT2D eigenvalue weighted by molar-refractivity contribution is -0.116. The minimum absolute atomic E-state index is 0.0332. The number of hydrogen-bond acceptors (Lipinski definition) is 4. The van der Waals surface area contributed by atoms with Gasteiger partial charge in [-0.15, -0.1) is 0 Å². The van der Waals surface area contributed by atoms with Gasteiger partial charge in [-0.25, -0.2) is 4.98 Å². The summed E-state index contributed by atoms with van der Waals surface area (Å²) in [6.45, 7) is 2.57. The van der Waals surface area contributed by atoms with Gasteiger partial charge in [0.15, 0.2) is 5.16 Å². The molecular weight excluding hydrogens is 320 g/mol. The maximum absolute atomic E-state index is 12.8. The van der Waals surface area contributed by atoms with Crippen LogP contribution in [0.3, 0.4) is 0 Å². The average Bonchev–Trinajstić information content (AvgIpc) is 3.12. The number of benzene rings is 2. The molecule has 0 saturated heterocycles. The minimum atomic E-state index is 0.0332. The molecule has 24 heavy (non-hydrogen) atoms. The second kappa shape index (κ2) is 7.79. The first-order chi connectivity index (χ1) is 11.7. The van der Waals surface area contributed by atoms with Gasteiger partial charge in [-0.2, -0.15) is 5.10 Å². The lowest BCUT2D eigenvalue weighted by Gasteiger charge is -2.23. The van der Waals surface area contributed by atoms with Gasteiger partial charge < -0.3 is 4.90 Å². The Morgan fingerprint density at radius 1 is 1.17 bits per heavy atom. The topological polar surface area (TPSA) is 61.9 Å². The number of H-pyrrole nitrogens is 1. The first-order valence-corrected chi connectivity index (χ1v) is 8.60. The van der Waals surface area contributed by atoms with Crippen LogP contribution in [0.15, 0.2) is 66.1 Å². The molecule has 5 nitrogen and oxygen atoms in total.